The second-order valence-electron chi connectivity index (χ2n) is 15.7. The van der Waals surface area contributed by atoms with Crippen LogP contribution in [0.4, 0.5) is 0 Å². The summed E-state index contributed by atoms with van der Waals surface area (Å²) in [6.45, 7) is 3.32. The summed E-state index contributed by atoms with van der Waals surface area (Å²) in [4.78, 5) is 49.1. The quantitative estimate of drug-likeness (QED) is 0.0667. The summed E-state index contributed by atoms with van der Waals surface area (Å²) < 4.78 is 11.8. The third kappa shape index (κ3) is 9.51. The van der Waals surface area contributed by atoms with Crippen molar-refractivity contribution in [3.63, 3.8) is 0 Å². The Morgan fingerprint density at radius 3 is 1.47 bits per heavy atom. The summed E-state index contributed by atoms with van der Waals surface area (Å²) in [7, 11) is 7.89. The largest absolute Gasteiger partial charge is 0.488 e. The molecule has 0 radical (unpaired) electrons. The summed E-state index contributed by atoms with van der Waals surface area (Å²) in [6, 6.07) is 40.7. The van der Waals surface area contributed by atoms with Gasteiger partial charge in [-0.3, -0.25) is 9.59 Å². The number of carbonyl (C=O) groups is 2. The highest BCUT2D eigenvalue weighted by molar-refractivity contribution is 6.12. The Labute approximate surface area is 371 Å². The number of aromatic nitrogens is 4. The van der Waals surface area contributed by atoms with Gasteiger partial charge in [-0.05, 0) is 94.4 Å². The predicted octanol–water partition coefficient (Wildman–Crippen LogP) is 8.05. The maximum Gasteiger partial charge on any atom is 0.253 e. The minimum absolute atomic E-state index is 0.145. The van der Waals surface area contributed by atoms with E-state index in [9.17, 15) is 9.59 Å². The first kappa shape index (κ1) is 42.9. The van der Waals surface area contributed by atoms with Gasteiger partial charge in [0.1, 0.15) is 35.7 Å². The SMILES string of the molecule is C#CCOc1cccc2c1ccc1nc3cccc(C(=O)NCCN(C)C)c3nc12.CN(C)CCNC(=O)c1cccc2nc3ccc4c(OCc5ccccc5)cccc4c3nc12. The van der Waals surface area contributed by atoms with Crippen LogP contribution in [0.3, 0.4) is 0 Å². The van der Waals surface area contributed by atoms with Gasteiger partial charge in [0.2, 0.25) is 0 Å². The maximum atomic E-state index is 12.9. The number of fused-ring (bicyclic) bond motifs is 8. The van der Waals surface area contributed by atoms with Crippen LogP contribution in [0.5, 0.6) is 11.5 Å². The lowest BCUT2D eigenvalue weighted by atomic mass is 10.1. The van der Waals surface area contributed by atoms with Gasteiger partial charge in [-0.2, -0.15) is 0 Å². The molecule has 320 valence electrons. The fourth-order valence-electron chi connectivity index (χ4n) is 7.43. The monoisotopic (exact) mass is 848 g/mol. The van der Waals surface area contributed by atoms with Crippen molar-refractivity contribution < 1.29 is 19.1 Å². The Bertz CT molecular complexity index is 3200. The van der Waals surface area contributed by atoms with Crippen LogP contribution >= 0.6 is 0 Å². The maximum absolute atomic E-state index is 12.9. The van der Waals surface area contributed by atoms with Crippen molar-refractivity contribution in [2.24, 2.45) is 0 Å². The number of benzene rings is 7. The number of ether oxygens (including phenoxy) is 2. The van der Waals surface area contributed by atoms with Crippen LogP contribution in [-0.4, -0.2) is 103 Å². The molecule has 12 heteroatoms. The minimum Gasteiger partial charge on any atom is -0.488 e. The van der Waals surface area contributed by atoms with E-state index >= 15 is 0 Å². The van der Waals surface area contributed by atoms with Crippen molar-refractivity contribution in [1.82, 2.24) is 40.4 Å². The van der Waals surface area contributed by atoms with E-state index in [4.69, 9.17) is 35.8 Å². The lowest BCUT2D eigenvalue weighted by molar-refractivity contribution is 0.0944. The van der Waals surface area contributed by atoms with Gasteiger partial charge in [0.05, 0.1) is 44.2 Å². The van der Waals surface area contributed by atoms with E-state index in [0.29, 0.717) is 58.6 Å². The minimum atomic E-state index is -0.158. The lowest BCUT2D eigenvalue weighted by Crippen LogP contribution is -2.31. The van der Waals surface area contributed by atoms with Gasteiger partial charge in [-0.25, -0.2) is 19.9 Å². The molecule has 2 heterocycles. The number of amides is 2. The Hall–Kier alpha value is -7.72. The van der Waals surface area contributed by atoms with Gasteiger partial charge in [0.25, 0.3) is 11.8 Å². The van der Waals surface area contributed by atoms with E-state index in [0.717, 1.165) is 68.0 Å². The number of nitrogens with zero attached hydrogens (tertiary/aromatic N) is 6. The fraction of sp³-hybridized carbons (Fsp3) is 0.192. The van der Waals surface area contributed by atoms with Gasteiger partial charge in [0, 0.05) is 47.7 Å². The van der Waals surface area contributed by atoms with Crippen molar-refractivity contribution in [1.29, 1.82) is 0 Å². The molecule has 0 aliphatic carbocycles. The highest BCUT2D eigenvalue weighted by Crippen LogP contribution is 2.33. The normalized spacial score (nSPS) is 11.3. The van der Waals surface area contributed by atoms with Crippen LogP contribution in [0.1, 0.15) is 26.3 Å². The Balaban J connectivity index is 0.000000176. The number of likely N-dealkylation sites (N-methyl/N-ethyl adjacent to an activating group) is 2. The molecule has 0 unspecified atom stereocenters. The van der Waals surface area contributed by atoms with Crippen molar-refractivity contribution in [3.05, 3.63) is 144 Å². The van der Waals surface area contributed by atoms with E-state index in [1.54, 1.807) is 12.1 Å². The summed E-state index contributed by atoms with van der Waals surface area (Å²) >= 11 is 0. The number of hydrogen-bond acceptors (Lipinski definition) is 10. The molecule has 9 rings (SSSR count). The number of terminal acetylenes is 1. The standard InChI is InChI=1S/C28H26N4O2.C24H22N4O2/c1-32(2)17-16-29-28(33)22-11-6-12-23-27(22)31-26-21-10-7-13-25(20(21)14-15-24(26)30-23)34-18-19-8-4-3-5-9-19;1-4-15-30-21-10-6-7-17-16(21)11-12-20-22(17)27-23-18(8-5-9-19(23)26-20)24(29)25-13-14-28(2)3/h3-15H,16-18H2,1-2H3,(H,29,33);1,5-12H,13-15H2,2-3H3,(H,25,29). The fourth-order valence-corrected chi connectivity index (χ4v) is 7.43. The van der Waals surface area contributed by atoms with E-state index in [2.05, 4.69) is 16.6 Å². The third-order valence-electron chi connectivity index (χ3n) is 10.6. The molecule has 0 bridgehead atoms. The molecule has 9 aromatic rings. The van der Waals surface area contributed by atoms with Gasteiger partial charge in [0.15, 0.2) is 0 Å². The van der Waals surface area contributed by atoms with Crippen LogP contribution < -0.4 is 20.1 Å². The van der Waals surface area contributed by atoms with E-state index in [1.165, 1.54) is 0 Å². The summed E-state index contributed by atoms with van der Waals surface area (Å²) in [6.07, 6.45) is 5.33. The Kier molecular flexibility index (Phi) is 13.1. The van der Waals surface area contributed by atoms with Crippen LogP contribution in [-0.2, 0) is 6.61 Å². The van der Waals surface area contributed by atoms with Gasteiger partial charge >= 0.3 is 0 Å². The molecule has 0 aliphatic heterocycles. The number of para-hydroxylation sites is 2. The molecule has 64 heavy (non-hydrogen) atoms. The van der Waals surface area contributed by atoms with Crippen LogP contribution in [0.2, 0.25) is 0 Å². The van der Waals surface area contributed by atoms with Gasteiger partial charge in [-0.1, -0.05) is 72.7 Å². The summed E-state index contributed by atoms with van der Waals surface area (Å²) in [5.74, 6) is 3.67. The van der Waals surface area contributed by atoms with Crippen LogP contribution in [0, 0.1) is 12.3 Å². The Morgan fingerprint density at radius 2 is 0.984 bits per heavy atom. The topological polar surface area (TPSA) is 135 Å². The number of carbonyl (C=O) groups excluding carboxylic acids is 2. The van der Waals surface area contributed by atoms with Crippen LogP contribution in [0.15, 0.2) is 127 Å². The second-order valence-corrected chi connectivity index (χ2v) is 15.7. The molecule has 0 fully saturated rings. The molecule has 2 N–H and O–H groups in total. The van der Waals surface area contributed by atoms with E-state index < -0.39 is 0 Å². The average Bonchev–Trinajstić information content (AvgIpc) is 3.31. The number of rotatable bonds is 13. The first-order valence-corrected chi connectivity index (χ1v) is 21.0. The van der Waals surface area contributed by atoms with Crippen molar-refractivity contribution >= 4 is 77.5 Å². The Morgan fingerprint density at radius 1 is 0.516 bits per heavy atom. The molecule has 0 spiro atoms. The van der Waals surface area contributed by atoms with Crippen molar-refractivity contribution in [3.8, 4) is 23.8 Å². The smallest absolute Gasteiger partial charge is 0.253 e. The summed E-state index contributed by atoms with van der Waals surface area (Å²) in [5, 5.41) is 9.65. The summed E-state index contributed by atoms with van der Waals surface area (Å²) in [5.41, 5.74) is 7.72. The highest BCUT2D eigenvalue weighted by Gasteiger charge is 2.17. The number of hydrogen-bond donors (Lipinski definition) is 2. The zero-order valence-corrected chi connectivity index (χ0v) is 36.3. The van der Waals surface area contributed by atoms with Crippen molar-refractivity contribution in [2.45, 2.75) is 6.61 Å². The average molecular weight is 849 g/mol. The molecule has 0 aliphatic rings. The van der Waals surface area contributed by atoms with Gasteiger partial charge < -0.3 is 29.9 Å². The van der Waals surface area contributed by atoms with Gasteiger partial charge in [-0.15, -0.1) is 6.42 Å². The molecule has 2 aromatic heterocycles. The highest BCUT2D eigenvalue weighted by atomic mass is 16.5. The van der Waals surface area contributed by atoms with Crippen LogP contribution in [0.25, 0.3) is 65.7 Å². The molecule has 7 aromatic carbocycles. The first-order valence-electron chi connectivity index (χ1n) is 21.0. The third-order valence-corrected chi connectivity index (χ3v) is 10.6. The van der Waals surface area contributed by atoms with E-state index in [-0.39, 0.29) is 18.4 Å². The van der Waals surface area contributed by atoms with Crippen molar-refractivity contribution in [2.75, 3.05) is 61.0 Å². The zero-order valence-electron chi connectivity index (χ0n) is 36.3. The zero-order chi connectivity index (χ0) is 44.6. The molecular formula is C52H48N8O4. The molecule has 0 atom stereocenters. The molecule has 0 saturated carbocycles. The predicted molar refractivity (Wildman–Crippen MR) is 256 cm³/mol. The van der Waals surface area contributed by atoms with E-state index in [1.807, 2.05) is 153 Å². The lowest BCUT2D eigenvalue weighted by Gasteiger charge is -2.13. The molecule has 2 amide bonds. The molecular weight excluding hydrogens is 801 g/mol. The molecule has 12 nitrogen and oxygen atoms in total. The second kappa shape index (κ2) is 19.5. The number of nitrogens with one attached hydrogen (secondary N) is 2. The first-order chi connectivity index (χ1) is 31.2. The molecule has 0 saturated heterocycles.